The second-order valence-corrected chi connectivity index (χ2v) is 6.54. The van der Waals surface area contributed by atoms with Crippen molar-refractivity contribution in [2.24, 2.45) is 0 Å². The van der Waals surface area contributed by atoms with Crippen molar-refractivity contribution in [2.45, 2.75) is 33.7 Å². The Balaban J connectivity index is 1.64. The Kier molecular flexibility index (Phi) is 3.79. The molecule has 1 unspecified atom stereocenters. The normalized spacial score (nSPS) is 13.8. The number of amides is 1. The van der Waals surface area contributed by atoms with Crippen molar-refractivity contribution < 1.29 is 14.3 Å². The SMILES string of the molecule is Cc1cc(C)n2nc(C)c(C(=O)NC(C)c3ccc4c(c3)OCO4)c2n1. The van der Waals surface area contributed by atoms with Gasteiger partial charge >= 0.3 is 0 Å². The summed E-state index contributed by atoms with van der Waals surface area (Å²) >= 11 is 0. The van der Waals surface area contributed by atoms with Gasteiger partial charge in [0.1, 0.15) is 5.56 Å². The topological polar surface area (TPSA) is 77.8 Å². The highest BCUT2D eigenvalue weighted by atomic mass is 16.7. The molecule has 1 N–H and O–H groups in total. The van der Waals surface area contributed by atoms with Crippen molar-refractivity contribution in [1.29, 1.82) is 0 Å². The number of carbonyl (C=O) groups excluding carboxylic acids is 1. The molecule has 26 heavy (non-hydrogen) atoms. The van der Waals surface area contributed by atoms with Gasteiger partial charge < -0.3 is 14.8 Å². The summed E-state index contributed by atoms with van der Waals surface area (Å²) in [5.41, 5.74) is 4.48. The third-order valence-electron chi connectivity index (χ3n) is 4.54. The third kappa shape index (κ3) is 2.65. The van der Waals surface area contributed by atoms with Crippen LogP contribution in [0.3, 0.4) is 0 Å². The molecule has 3 aromatic rings. The van der Waals surface area contributed by atoms with E-state index in [9.17, 15) is 4.79 Å². The van der Waals surface area contributed by atoms with Crippen LogP contribution in [0.5, 0.6) is 11.5 Å². The predicted octanol–water partition coefficient (Wildman–Crippen LogP) is 2.87. The molecule has 7 heteroatoms. The van der Waals surface area contributed by atoms with Crippen molar-refractivity contribution in [3.63, 3.8) is 0 Å². The molecule has 4 rings (SSSR count). The summed E-state index contributed by atoms with van der Waals surface area (Å²) in [6, 6.07) is 7.42. The van der Waals surface area contributed by atoms with E-state index in [0.29, 0.717) is 22.7 Å². The first-order valence-electron chi connectivity index (χ1n) is 8.48. The van der Waals surface area contributed by atoms with Crippen LogP contribution in [0, 0.1) is 20.8 Å². The monoisotopic (exact) mass is 352 g/mol. The summed E-state index contributed by atoms with van der Waals surface area (Å²) in [4.78, 5) is 17.4. The van der Waals surface area contributed by atoms with E-state index in [4.69, 9.17) is 9.47 Å². The van der Waals surface area contributed by atoms with E-state index >= 15 is 0 Å². The Bertz CT molecular complexity index is 1030. The number of aryl methyl sites for hydroxylation is 3. The van der Waals surface area contributed by atoms with Gasteiger partial charge in [0.05, 0.1) is 11.7 Å². The van der Waals surface area contributed by atoms with Crippen molar-refractivity contribution in [3.05, 3.63) is 52.5 Å². The lowest BCUT2D eigenvalue weighted by atomic mass is 10.1. The minimum atomic E-state index is -0.197. The van der Waals surface area contributed by atoms with Gasteiger partial charge in [-0.05, 0) is 51.5 Å². The first-order valence-corrected chi connectivity index (χ1v) is 8.48. The Labute approximate surface area is 151 Å². The molecule has 0 fully saturated rings. The molecule has 1 amide bonds. The van der Waals surface area contributed by atoms with Gasteiger partial charge in [0, 0.05) is 11.4 Å². The minimum absolute atomic E-state index is 0.194. The standard InChI is InChI=1S/C19H20N4O3/c1-10-7-11(2)23-18(20-10)17(13(4)22-23)19(24)21-12(3)14-5-6-15-16(8-14)26-9-25-15/h5-8,12H,9H2,1-4H3,(H,21,24). The van der Waals surface area contributed by atoms with E-state index in [2.05, 4.69) is 15.4 Å². The van der Waals surface area contributed by atoms with Gasteiger partial charge in [-0.2, -0.15) is 5.10 Å². The van der Waals surface area contributed by atoms with Crippen LogP contribution in [-0.2, 0) is 0 Å². The zero-order valence-corrected chi connectivity index (χ0v) is 15.2. The van der Waals surface area contributed by atoms with Crippen LogP contribution in [-0.4, -0.2) is 27.3 Å². The average Bonchev–Trinajstić information content (AvgIpc) is 3.17. The number of ether oxygens (including phenoxy) is 2. The zero-order chi connectivity index (χ0) is 18.4. The molecule has 1 aliphatic heterocycles. The maximum atomic E-state index is 12.9. The highest BCUT2D eigenvalue weighted by Gasteiger charge is 2.22. The molecule has 0 spiro atoms. The largest absolute Gasteiger partial charge is 0.454 e. The molecular weight excluding hydrogens is 332 g/mol. The lowest BCUT2D eigenvalue weighted by Crippen LogP contribution is -2.27. The Hall–Kier alpha value is -3.09. The maximum Gasteiger partial charge on any atom is 0.257 e. The third-order valence-corrected chi connectivity index (χ3v) is 4.54. The molecule has 0 bridgehead atoms. The summed E-state index contributed by atoms with van der Waals surface area (Å²) in [7, 11) is 0. The number of rotatable bonds is 3. The van der Waals surface area contributed by atoms with Crippen molar-refractivity contribution in [3.8, 4) is 11.5 Å². The fourth-order valence-corrected chi connectivity index (χ4v) is 3.23. The highest BCUT2D eigenvalue weighted by molar-refractivity contribution is 6.01. The van der Waals surface area contributed by atoms with Crippen LogP contribution in [0.1, 0.15) is 46.0 Å². The van der Waals surface area contributed by atoms with Gasteiger partial charge in [0.2, 0.25) is 6.79 Å². The van der Waals surface area contributed by atoms with E-state index in [1.54, 1.807) is 4.52 Å². The van der Waals surface area contributed by atoms with Crippen molar-refractivity contribution in [1.82, 2.24) is 19.9 Å². The number of fused-ring (bicyclic) bond motifs is 2. The molecule has 0 radical (unpaired) electrons. The van der Waals surface area contributed by atoms with E-state index in [1.807, 2.05) is 52.0 Å². The van der Waals surface area contributed by atoms with Gasteiger partial charge in [-0.15, -0.1) is 0 Å². The molecule has 2 aromatic heterocycles. The summed E-state index contributed by atoms with van der Waals surface area (Å²) < 4.78 is 12.5. The Morgan fingerprint density at radius 1 is 1.19 bits per heavy atom. The molecule has 1 aliphatic rings. The molecule has 0 saturated heterocycles. The molecule has 134 valence electrons. The van der Waals surface area contributed by atoms with E-state index in [-0.39, 0.29) is 18.7 Å². The van der Waals surface area contributed by atoms with Gasteiger partial charge in [-0.25, -0.2) is 9.50 Å². The van der Waals surface area contributed by atoms with Gasteiger partial charge in [0.15, 0.2) is 17.1 Å². The first-order chi connectivity index (χ1) is 12.4. The summed E-state index contributed by atoms with van der Waals surface area (Å²) in [5, 5.41) is 7.49. The fourth-order valence-electron chi connectivity index (χ4n) is 3.23. The number of nitrogens with zero attached hydrogens (tertiary/aromatic N) is 3. The summed E-state index contributed by atoms with van der Waals surface area (Å²) in [5.74, 6) is 1.23. The lowest BCUT2D eigenvalue weighted by Gasteiger charge is -2.14. The minimum Gasteiger partial charge on any atom is -0.454 e. The predicted molar refractivity (Wildman–Crippen MR) is 95.6 cm³/mol. The second-order valence-electron chi connectivity index (χ2n) is 6.54. The quantitative estimate of drug-likeness (QED) is 0.784. The highest BCUT2D eigenvalue weighted by Crippen LogP contribution is 2.34. The zero-order valence-electron chi connectivity index (χ0n) is 15.2. The number of hydrogen-bond donors (Lipinski definition) is 1. The van der Waals surface area contributed by atoms with E-state index in [0.717, 1.165) is 22.7 Å². The van der Waals surface area contributed by atoms with Crippen LogP contribution in [0.25, 0.3) is 5.65 Å². The lowest BCUT2D eigenvalue weighted by molar-refractivity contribution is 0.0940. The van der Waals surface area contributed by atoms with Gasteiger partial charge in [0.25, 0.3) is 5.91 Å². The Morgan fingerprint density at radius 3 is 2.77 bits per heavy atom. The smallest absolute Gasteiger partial charge is 0.257 e. The van der Waals surface area contributed by atoms with Crippen LogP contribution in [0.4, 0.5) is 0 Å². The average molecular weight is 352 g/mol. The summed E-state index contributed by atoms with van der Waals surface area (Å²) in [6.07, 6.45) is 0. The van der Waals surface area contributed by atoms with Crippen molar-refractivity contribution in [2.75, 3.05) is 6.79 Å². The molecule has 3 heterocycles. The summed E-state index contributed by atoms with van der Waals surface area (Å²) in [6.45, 7) is 7.84. The number of benzene rings is 1. The van der Waals surface area contributed by atoms with Crippen molar-refractivity contribution >= 4 is 11.6 Å². The van der Waals surface area contributed by atoms with Crippen LogP contribution in [0.2, 0.25) is 0 Å². The first kappa shape index (κ1) is 16.4. The van der Waals surface area contributed by atoms with Gasteiger partial charge in [-0.1, -0.05) is 6.07 Å². The van der Waals surface area contributed by atoms with Crippen LogP contribution >= 0.6 is 0 Å². The molecule has 0 aliphatic carbocycles. The van der Waals surface area contributed by atoms with Gasteiger partial charge in [-0.3, -0.25) is 4.79 Å². The maximum absolute atomic E-state index is 12.9. The number of nitrogens with one attached hydrogen (secondary N) is 1. The number of aromatic nitrogens is 3. The van der Waals surface area contributed by atoms with Crippen LogP contribution < -0.4 is 14.8 Å². The Morgan fingerprint density at radius 2 is 1.96 bits per heavy atom. The number of carbonyl (C=O) groups is 1. The molecule has 7 nitrogen and oxygen atoms in total. The number of hydrogen-bond acceptors (Lipinski definition) is 5. The van der Waals surface area contributed by atoms with E-state index in [1.165, 1.54) is 0 Å². The molecule has 1 atom stereocenters. The second kappa shape index (κ2) is 6.01. The molecule has 1 aromatic carbocycles. The van der Waals surface area contributed by atoms with E-state index < -0.39 is 0 Å². The molecular formula is C19H20N4O3. The fraction of sp³-hybridized carbons (Fsp3) is 0.316. The molecule has 0 saturated carbocycles. The van der Waals surface area contributed by atoms with Crippen LogP contribution in [0.15, 0.2) is 24.3 Å².